The third-order valence-corrected chi connectivity index (χ3v) is 3.99. The molecule has 1 N–H and O–H groups in total. The van der Waals surface area contributed by atoms with Crippen molar-refractivity contribution in [3.63, 3.8) is 0 Å². The molecule has 2 rings (SSSR count). The SMILES string of the molecule is CCCc1ccccc1NCc1ccc(Cl)cc1Br. The van der Waals surface area contributed by atoms with E-state index in [0.29, 0.717) is 0 Å². The van der Waals surface area contributed by atoms with Gasteiger partial charge in [-0.05, 0) is 35.7 Å². The fourth-order valence-corrected chi connectivity index (χ4v) is 2.86. The maximum atomic E-state index is 5.95. The molecule has 0 saturated heterocycles. The standard InChI is InChI=1S/C16H17BrClN/c1-2-5-12-6-3-4-7-16(12)19-11-13-8-9-14(18)10-15(13)17/h3-4,6-10,19H,2,5,11H2,1H3. The molecular weight excluding hydrogens is 322 g/mol. The lowest BCUT2D eigenvalue weighted by Crippen LogP contribution is -2.03. The van der Waals surface area contributed by atoms with Crippen molar-refractivity contribution in [3.8, 4) is 0 Å². The number of aryl methyl sites for hydroxylation is 1. The van der Waals surface area contributed by atoms with Gasteiger partial charge in [-0.25, -0.2) is 0 Å². The molecule has 0 atom stereocenters. The molecule has 0 unspecified atom stereocenters. The number of hydrogen-bond acceptors (Lipinski definition) is 1. The van der Waals surface area contributed by atoms with Crippen LogP contribution in [0.4, 0.5) is 5.69 Å². The molecule has 3 heteroatoms. The molecule has 2 aromatic rings. The molecule has 0 fully saturated rings. The smallest absolute Gasteiger partial charge is 0.0417 e. The summed E-state index contributed by atoms with van der Waals surface area (Å²) in [4.78, 5) is 0. The van der Waals surface area contributed by atoms with E-state index in [1.807, 2.05) is 18.2 Å². The van der Waals surface area contributed by atoms with Crippen LogP contribution in [0.15, 0.2) is 46.9 Å². The van der Waals surface area contributed by atoms with Crippen molar-refractivity contribution in [2.24, 2.45) is 0 Å². The van der Waals surface area contributed by atoms with Crippen LogP contribution >= 0.6 is 27.5 Å². The third kappa shape index (κ3) is 3.99. The Kier molecular flexibility index (Phi) is 5.29. The molecule has 0 aliphatic carbocycles. The maximum absolute atomic E-state index is 5.95. The first-order chi connectivity index (χ1) is 9.20. The van der Waals surface area contributed by atoms with Crippen molar-refractivity contribution >= 4 is 33.2 Å². The molecule has 2 aromatic carbocycles. The monoisotopic (exact) mass is 337 g/mol. The second-order valence-corrected chi connectivity index (χ2v) is 5.79. The molecule has 0 radical (unpaired) electrons. The Balaban J connectivity index is 2.10. The molecule has 0 spiro atoms. The lowest BCUT2D eigenvalue weighted by Gasteiger charge is -2.12. The van der Waals surface area contributed by atoms with Crippen molar-refractivity contribution in [3.05, 3.63) is 63.1 Å². The van der Waals surface area contributed by atoms with E-state index in [1.165, 1.54) is 16.8 Å². The number of rotatable bonds is 5. The zero-order chi connectivity index (χ0) is 13.7. The van der Waals surface area contributed by atoms with Crippen molar-refractivity contribution in [2.45, 2.75) is 26.3 Å². The van der Waals surface area contributed by atoms with Crippen LogP contribution in [0, 0.1) is 0 Å². The van der Waals surface area contributed by atoms with E-state index in [-0.39, 0.29) is 0 Å². The number of para-hydroxylation sites is 1. The van der Waals surface area contributed by atoms with E-state index in [2.05, 4.69) is 52.4 Å². The van der Waals surface area contributed by atoms with E-state index < -0.39 is 0 Å². The van der Waals surface area contributed by atoms with Gasteiger partial charge in [0.15, 0.2) is 0 Å². The summed E-state index contributed by atoms with van der Waals surface area (Å²) in [5, 5.41) is 4.25. The number of anilines is 1. The molecule has 0 saturated carbocycles. The van der Waals surface area contributed by atoms with Gasteiger partial charge in [0.25, 0.3) is 0 Å². The van der Waals surface area contributed by atoms with Crippen LogP contribution < -0.4 is 5.32 Å². The minimum Gasteiger partial charge on any atom is -0.381 e. The Morgan fingerprint density at radius 3 is 2.63 bits per heavy atom. The van der Waals surface area contributed by atoms with Gasteiger partial charge in [-0.3, -0.25) is 0 Å². The molecule has 1 nitrogen and oxygen atoms in total. The van der Waals surface area contributed by atoms with Gasteiger partial charge in [-0.15, -0.1) is 0 Å². The van der Waals surface area contributed by atoms with Crippen LogP contribution in [0.1, 0.15) is 24.5 Å². The first-order valence-corrected chi connectivity index (χ1v) is 7.63. The molecule has 0 aromatic heterocycles. The molecule has 0 aliphatic heterocycles. The highest BCUT2D eigenvalue weighted by Gasteiger charge is 2.03. The predicted octanol–water partition coefficient (Wildman–Crippen LogP) is 5.67. The molecule has 19 heavy (non-hydrogen) atoms. The van der Waals surface area contributed by atoms with E-state index >= 15 is 0 Å². The molecule has 0 heterocycles. The van der Waals surface area contributed by atoms with E-state index in [1.54, 1.807) is 0 Å². The number of benzene rings is 2. The van der Waals surface area contributed by atoms with E-state index in [9.17, 15) is 0 Å². The Bertz CT molecular complexity index is 554. The Morgan fingerprint density at radius 1 is 1.11 bits per heavy atom. The van der Waals surface area contributed by atoms with Gasteiger partial charge in [0, 0.05) is 21.7 Å². The van der Waals surface area contributed by atoms with E-state index in [4.69, 9.17) is 11.6 Å². The average Bonchev–Trinajstić information content (AvgIpc) is 2.40. The highest BCUT2D eigenvalue weighted by atomic mass is 79.9. The molecule has 0 amide bonds. The van der Waals surface area contributed by atoms with Crippen LogP contribution in [0.25, 0.3) is 0 Å². The van der Waals surface area contributed by atoms with E-state index in [0.717, 1.165) is 28.9 Å². The second-order valence-electron chi connectivity index (χ2n) is 4.50. The van der Waals surface area contributed by atoms with Gasteiger partial charge in [-0.2, -0.15) is 0 Å². The van der Waals surface area contributed by atoms with Crippen LogP contribution in [0.5, 0.6) is 0 Å². The van der Waals surface area contributed by atoms with Gasteiger partial charge in [0.2, 0.25) is 0 Å². The summed E-state index contributed by atoms with van der Waals surface area (Å²) in [5.41, 5.74) is 3.79. The summed E-state index contributed by atoms with van der Waals surface area (Å²) < 4.78 is 1.04. The quantitative estimate of drug-likeness (QED) is 0.741. The Labute approximate surface area is 128 Å². The minimum atomic E-state index is 0.752. The normalized spacial score (nSPS) is 10.5. The fourth-order valence-electron chi connectivity index (χ4n) is 2.04. The van der Waals surface area contributed by atoms with Crippen molar-refractivity contribution in [1.29, 1.82) is 0 Å². The highest BCUT2D eigenvalue weighted by molar-refractivity contribution is 9.10. The van der Waals surface area contributed by atoms with Crippen LogP contribution in [0.2, 0.25) is 5.02 Å². The average molecular weight is 339 g/mol. The molecule has 100 valence electrons. The van der Waals surface area contributed by atoms with Crippen LogP contribution in [-0.4, -0.2) is 0 Å². The molecule has 0 bridgehead atoms. The number of halogens is 2. The lowest BCUT2D eigenvalue weighted by molar-refractivity contribution is 0.919. The van der Waals surface area contributed by atoms with Gasteiger partial charge < -0.3 is 5.32 Å². The Morgan fingerprint density at radius 2 is 1.89 bits per heavy atom. The molecule has 0 aliphatic rings. The molecular formula is C16H17BrClN. The summed E-state index contributed by atoms with van der Waals surface area (Å²) in [6.07, 6.45) is 2.26. The van der Waals surface area contributed by atoms with Gasteiger partial charge in [0.1, 0.15) is 0 Å². The largest absolute Gasteiger partial charge is 0.381 e. The van der Waals surface area contributed by atoms with Crippen molar-refractivity contribution < 1.29 is 0 Å². The first-order valence-electron chi connectivity index (χ1n) is 6.46. The zero-order valence-electron chi connectivity index (χ0n) is 10.9. The number of nitrogens with one attached hydrogen (secondary N) is 1. The minimum absolute atomic E-state index is 0.752. The fraction of sp³-hybridized carbons (Fsp3) is 0.250. The highest BCUT2D eigenvalue weighted by Crippen LogP contribution is 2.23. The second kappa shape index (κ2) is 6.97. The van der Waals surface area contributed by atoms with Gasteiger partial charge in [-0.1, -0.05) is 65.1 Å². The van der Waals surface area contributed by atoms with Crippen molar-refractivity contribution in [1.82, 2.24) is 0 Å². The summed E-state index contributed by atoms with van der Waals surface area (Å²) >= 11 is 9.50. The van der Waals surface area contributed by atoms with Crippen molar-refractivity contribution in [2.75, 3.05) is 5.32 Å². The van der Waals surface area contributed by atoms with Crippen LogP contribution in [-0.2, 0) is 13.0 Å². The van der Waals surface area contributed by atoms with Gasteiger partial charge >= 0.3 is 0 Å². The maximum Gasteiger partial charge on any atom is 0.0417 e. The summed E-state index contributed by atoms with van der Waals surface area (Å²) in [7, 11) is 0. The third-order valence-electron chi connectivity index (χ3n) is 3.02. The lowest BCUT2D eigenvalue weighted by atomic mass is 10.1. The topological polar surface area (TPSA) is 12.0 Å². The summed E-state index contributed by atoms with van der Waals surface area (Å²) in [6.45, 7) is 2.99. The summed E-state index contributed by atoms with van der Waals surface area (Å²) in [5.74, 6) is 0. The summed E-state index contributed by atoms with van der Waals surface area (Å²) in [6, 6.07) is 14.4. The Hall–Kier alpha value is -0.990. The van der Waals surface area contributed by atoms with Crippen LogP contribution in [0.3, 0.4) is 0 Å². The predicted molar refractivity (Wildman–Crippen MR) is 86.9 cm³/mol. The number of hydrogen-bond donors (Lipinski definition) is 1. The first kappa shape index (κ1) is 14.4. The zero-order valence-corrected chi connectivity index (χ0v) is 13.3. The van der Waals surface area contributed by atoms with Gasteiger partial charge in [0.05, 0.1) is 0 Å².